The van der Waals surface area contributed by atoms with E-state index < -0.39 is 18.2 Å². The molecule has 1 aliphatic heterocycles. The number of ether oxygens (including phenoxy) is 2. The van der Waals surface area contributed by atoms with Gasteiger partial charge in [-0.05, 0) is 48.4 Å². The Morgan fingerprint density at radius 1 is 1.05 bits per heavy atom. The molecule has 1 saturated heterocycles. The number of carbonyl (C=O) groups is 3. The summed E-state index contributed by atoms with van der Waals surface area (Å²) in [7, 11) is 1.55. The number of nitrogens with zero attached hydrogens (tertiary/aromatic N) is 1. The first-order chi connectivity index (χ1) is 17.9. The van der Waals surface area contributed by atoms with Gasteiger partial charge in [-0.3, -0.25) is 14.5 Å². The molecule has 0 unspecified atom stereocenters. The fourth-order valence-corrected chi connectivity index (χ4v) is 4.26. The lowest BCUT2D eigenvalue weighted by Crippen LogP contribution is -2.47. The van der Waals surface area contributed by atoms with Crippen molar-refractivity contribution in [2.45, 2.75) is 25.6 Å². The maximum atomic E-state index is 13.2. The highest BCUT2D eigenvalue weighted by Crippen LogP contribution is 2.34. The summed E-state index contributed by atoms with van der Waals surface area (Å²) >= 11 is 5.98. The van der Waals surface area contributed by atoms with Crippen LogP contribution >= 0.6 is 11.6 Å². The van der Waals surface area contributed by atoms with Crippen LogP contribution in [0.25, 0.3) is 0 Å². The number of hydrogen-bond donors (Lipinski definition) is 2. The van der Waals surface area contributed by atoms with Gasteiger partial charge in [-0.15, -0.1) is 0 Å². The topological polar surface area (TPSA) is 97.0 Å². The Hall–Kier alpha value is -3.88. The van der Waals surface area contributed by atoms with Crippen LogP contribution in [0.15, 0.2) is 72.8 Å². The second-order valence-electron chi connectivity index (χ2n) is 8.73. The van der Waals surface area contributed by atoms with Crippen LogP contribution in [0.4, 0.5) is 10.5 Å². The number of amides is 3. The number of anilines is 1. The molecule has 0 spiro atoms. The minimum Gasteiger partial charge on any atom is -0.438 e. The third-order valence-corrected chi connectivity index (χ3v) is 6.25. The minimum absolute atomic E-state index is 0.228. The van der Waals surface area contributed by atoms with Crippen molar-refractivity contribution in [1.29, 1.82) is 0 Å². The zero-order valence-corrected chi connectivity index (χ0v) is 21.3. The van der Waals surface area contributed by atoms with Crippen molar-refractivity contribution in [1.82, 2.24) is 10.2 Å². The van der Waals surface area contributed by atoms with E-state index in [0.717, 1.165) is 11.1 Å². The SMILES string of the molecule is COCCNC(=O)[C@@H]1[C@H](c2ccc(NC(=O)c3cccc(Cl)c3)cc2)OC(=O)N1Cc1ccc(C)cc1. The van der Waals surface area contributed by atoms with E-state index in [1.807, 2.05) is 31.2 Å². The lowest BCUT2D eigenvalue weighted by molar-refractivity contribution is -0.126. The van der Waals surface area contributed by atoms with Crippen LogP contribution in [0.3, 0.4) is 0 Å². The molecule has 1 heterocycles. The quantitative estimate of drug-likeness (QED) is 0.397. The van der Waals surface area contributed by atoms with Crippen LogP contribution in [-0.2, 0) is 20.8 Å². The number of aryl methyl sites for hydroxylation is 1. The molecule has 2 atom stereocenters. The fourth-order valence-electron chi connectivity index (χ4n) is 4.07. The van der Waals surface area contributed by atoms with Crippen molar-refractivity contribution in [3.8, 4) is 0 Å². The Morgan fingerprint density at radius 3 is 2.46 bits per heavy atom. The highest BCUT2D eigenvalue weighted by atomic mass is 35.5. The maximum absolute atomic E-state index is 13.2. The molecule has 1 fully saturated rings. The van der Waals surface area contributed by atoms with Gasteiger partial charge >= 0.3 is 6.09 Å². The third kappa shape index (κ3) is 6.47. The molecule has 0 aliphatic carbocycles. The van der Waals surface area contributed by atoms with Gasteiger partial charge in [0.2, 0.25) is 5.91 Å². The maximum Gasteiger partial charge on any atom is 0.411 e. The molecule has 192 valence electrons. The van der Waals surface area contributed by atoms with Gasteiger partial charge in [-0.1, -0.05) is 59.6 Å². The van der Waals surface area contributed by atoms with Gasteiger partial charge in [-0.2, -0.15) is 0 Å². The molecule has 4 rings (SSSR count). The monoisotopic (exact) mass is 521 g/mol. The van der Waals surface area contributed by atoms with Crippen molar-refractivity contribution in [2.75, 3.05) is 25.6 Å². The van der Waals surface area contributed by atoms with Crippen LogP contribution in [0.5, 0.6) is 0 Å². The molecular weight excluding hydrogens is 494 g/mol. The number of cyclic esters (lactones) is 1. The molecule has 0 radical (unpaired) electrons. The number of rotatable bonds is 9. The average molecular weight is 522 g/mol. The molecule has 2 N–H and O–H groups in total. The second kappa shape index (κ2) is 11.9. The lowest BCUT2D eigenvalue weighted by atomic mass is 10.00. The van der Waals surface area contributed by atoms with Crippen LogP contribution < -0.4 is 10.6 Å². The van der Waals surface area contributed by atoms with E-state index in [0.29, 0.717) is 35.0 Å². The average Bonchev–Trinajstić information content (AvgIpc) is 3.21. The lowest BCUT2D eigenvalue weighted by Gasteiger charge is -2.24. The van der Waals surface area contributed by atoms with Gasteiger partial charge in [0, 0.05) is 29.9 Å². The Kier molecular flexibility index (Phi) is 8.43. The first-order valence-corrected chi connectivity index (χ1v) is 12.2. The van der Waals surface area contributed by atoms with E-state index in [-0.39, 0.29) is 18.4 Å². The summed E-state index contributed by atoms with van der Waals surface area (Å²) in [6, 6.07) is 20.4. The summed E-state index contributed by atoms with van der Waals surface area (Å²) in [4.78, 5) is 40.1. The molecule has 3 aromatic carbocycles. The normalized spacial score (nSPS) is 16.8. The second-order valence-corrected chi connectivity index (χ2v) is 9.17. The predicted molar refractivity (Wildman–Crippen MR) is 140 cm³/mol. The number of methoxy groups -OCH3 is 1. The van der Waals surface area contributed by atoms with Gasteiger partial charge < -0.3 is 20.1 Å². The van der Waals surface area contributed by atoms with E-state index in [1.165, 1.54) is 4.90 Å². The molecule has 9 heteroatoms. The molecule has 1 aliphatic rings. The van der Waals surface area contributed by atoms with Crippen LogP contribution in [-0.4, -0.2) is 49.1 Å². The van der Waals surface area contributed by atoms with Gasteiger partial charge in [0.1, 0.15) is 0 Å². The minimum atomic E-state index is -0.877. The summed E-state index contributed by atoms with van der Waals surface area (Å²) in [6.45, 7) is 2.86. The van der Waals surface area contributed by atoms with Gasteiger partial charge in [-0.25, -0.2) is 4.79 Å². The van der Waals surface area contributed by atoms with E-state index in [1.54, 1.807) is 55.6 Å². The number of carbonyl (C=O) groups excluding carboxylic acids is 3. The summed E-state index contributed by atoms with van der Waals surface area (Å²) in [5.74, 6) is -0.638. The number of nitrogens with one attached hydrogen (secondary N) is 2. The van der Waals surface area contributed by atoms with Crippen LogP contribution in [0.2, 0.25) is 5.02 Å². The van der Waals surface area contributed by atoms with Gasteiger partial charge in [0.25, 0.3) is 5.91 Å². The Balaban J connectivity index is 1.53. The van der Waals surface area contributed by atoms with E-state index >= 15 is 0 Å². The van der Waals surface area contributed by atoms with E-state index in [4.69, 9.17) is 21.1 Å². The van der Waals surface area contributed by atoms with E-state index in [2.05, 4.69) is 10.6 Å². The molecule has 0 aromatic heterocycles. The summed E-state index contributed by atoms with van der Waals surface area (Å²) < 4.78 is 10.7. The zero-order valence-electron chi connectivity index (χ0n) is 20.6. The highest BCUT2D eigenvalue weighted by molar-refractivity contribution is 6.31. The highest BCUT2D eigenvalue weighted by Gasteiger charge is 2.46. The molecule has 8 nitrogen and oxygen atoms in total. The van der Waals surface area contributed by atoms with Gasteiger partial charge in [0.05, 0.1) is 13.2 Å². The number of hydrogen-bond acceptors (Lipinski definition) is 5. The van der Waals surface area contributed by atoms with Crippen molar-refractivity contribution >= 4 is 35.2 Å². The molecule has 0 bridgehead atoms. The van der Waals surface area contributed by atoms with Crippen molar-refractivity contribution < 1.29 is 23.9 Å². The number of benzene rings is 3. The number of halogens is 1. The standard InChI is InChI=1S/C28H28ClN3O5/c1-18-6-8-19(9-7-18)17-32-24(27(34)30-14-15-36-2)25(37-28(32)35)20-10-12-23(13-11-20)31-26(33)21-4-3-5-22(29)16-21/h3-13,16,24-25H,14-15,17H2,1-2H3,(H,30,34)(H,31,33)/t24-,25-/m0/s1. The van der Waals surface area contributed by atoms with Crippen molar-refractivity contribution in [2.24, 2.45) is 0 Å². The largest absolute Gasteiger partial charge is 0.438 e. The summed E-state index contributed by atoms with van der Waals surface area (Å²) in [5, 5.41) is 6.11. The summed E-state index contributed by atoms with van der Waals surface area (Å²) in [6.07, 6.45) is -1.39. The molecule has 37 heavy (non-hydrogen) atoms. The third-order valence-electron chi connectivity index (χ3n) is 6.02. The first kappa shape index (κ1) is 26.2. The Bertz CT molecular complexity index is 1260. The Labute approximate surface area is 220 Å². The first-order valence-electron chi connectivity index (χ1n) is 11.8. The molecular formula is C28H28ClN3O5. The van der Waals surface area contributed by atoms with Crippen LogP contribution in [0, 0.1) is 6.92 Å². The van der Waals surface area contributed by atoms with Crippen LogP contribution in [0.1, 0.15) is 33.2 Å². The van der Waals surface area contributed by atoms with Crippen molar-refractivity contribution in [3.63, 3.8) is 0 Å². The predicted octanol–water partition coefficient (Wildman–Crippen LogP) is 4.73. The van der Waals surface area contributed by atoms with Gasteiger partial charge in [0.15, 0.2) is 12.1 Å². The molecule has 3 amide bonds. The summed E-state index contributed by atoms with van der Waals surface area (Å²) in [5.41, 5.74) is 3.60. The smallest absolute Gasteiger partial charge is 0.411 e. The zero-order chi connectivity index (χ0) is 26.4. The Morgan fingerprint density at radius 2 is 1.78 bits per heavy atom. The fraction of sp³-hybridized carbons (Fsp3) is 0.250. The molecule has 0 saturated carbocycles. The molecule has 3 aromatic rings. The van der Waals surface area contributed by atoms with Crippen molar-refractivity contribution in [3.05, 3.63) is 100 Å². The van der Waals surface area contributed by atoms with E-state index in [9.17, 15) is 14.4 Å².